The molecule has 1 aliphatic rings. The number of hydrogen-bond donors (Lipinski definition) is 2. The summed E-state index contributed by atoms with van der Waals surface area (Å²) in [5.74, 6) is -0.595. The highest BCUT2D eigenvalue weighted by atomic mass is 79.9. The van der Waals surface area contributed by atoms with Gasteiger partial charge in [-0.1, -0.05) is 0 Å². The smallest absolute Gasteiger partial charge is 0.264 e. The summed E-state index contributed by atoms with van der Waals surface area (Å²) in [4.78, 5) is 25.9. The lowest BCUT2D eigenvalue weighted by molar-refractivity contribution is -0.122. The van der Waals surface area contributed by atoms with Gasteiger partial charge in [-0.25, -0.2) is 0 Å². The molecular weight excluding hydrogens is 318 g/mol. The first-order valence-electron chi connectivity index (χ1n) is 5.57. The maximum absolute atomic E-state index is 12.4. The number of nitrogens with zero attached hydrogens (tertiary/aromatic N) is 1. The third-order valence-electron chi connectivity index (χ3n) is 2.90. The summed E-state index contributed by atoms with van der Waals surface area (Å²) in [5, 5.41) is 3.07. The Morgan fingerprint density at radius 2 is 2.33 bits per heavy atom. The van der Waals surface area contributed by atoms with E-state index < -0.39 is 11.9 Å². The van der Waals surface area contributed by atoms with Gasteiger partial charge in [-0.05, 0) is 34.5 Å². The van der Waals surface area contributed by atoms with Crippen LogP contribution in [0.4, 0.5) is 0 Å². The van der Waals surface area contributed by atoms with Crippen molar-refractivity contribution in [2.24, 2.45) is 5.73 Å². The Balaban J connectivity index is 2.23. The van der Waals surface area contributed by atoms with Crippen molar-refractivity contribution < 1.29 is 9.59 Å². The molecule has 2 rings (SSSR count). The lowest BCUT2D eigenvalue weighted by Gasteiger charge is -2.33. The van der Waals surface area contributed by atoms with Gasteiger partial charge in [0.1, 0.15) is 6.04 Å². The number of amides is 2. The zero-order valence-electron chi connectivity index (χ0n) is 9.90. The molecule has 7 heteroatoms. The fourth-order valence-corrected chi connectivity index (χ4v) is 3.40. The van der Waals surface area contributed by atoms with Gasteiger partial charge in [0.15, 0.2) is 0 Å². The van der Waals surface area contributed by atoms with E-state index in [2.05, 4.69) is 21.2 Å². The van der Waals surface area contributed by atoms with E-state index in [9.17, 15) is 9.59 Å². The molecule has 1 unspecified atom stereocenters. The number of thiophene rings is 1. The number of halogens is 1. The minimum atomic E-state index is -0.563. The summed E-state index contributed by atoms with van der Waals surface area (Å²) in [7, 11) is 0. The Labute approximate surface area is 117 Å². The molecule has 0 spiro atoms. The number of carbonyl (C=O) groups is 2. The van der Waals surface area contributed by atoms with Crippen LogP contribution >= 0.6 is 27.3 Å². The number of piperazine rings is 1. The van der Waals surface area contributed by atoms with Crippen molar-refractivity contribution >= 4 is 39.1 Å². The second kappa shape index (κ2) is 5.38. The van der Waals surface area contributed by atoms with Crippen LogP contribution in [0.3, 0.4) is 0 Å². The number of primary amides is 1. The van der Waals surface area contributed by atoms with E-state index in [0.29, 0.717) is 24.5 Å². The van der Waals surface area contributed by atoms with E-state index >= 15 is 0 Å². The Bertz CT molecular complexity index is 469. The van der Waals surface area contributed by atoms with E-state index in [0.717, 1.165) is 9.35 Å². The Kier molecular flexibility index (Phi) is 4.04. The SMILES string of the molecule is Cc1cc(C(=O)N2CCNCC2C(N)=O)sc1Br. The molecule has 5 nitrogen and oxygen atoms in total. The molecule has 1 aliphatic heterocycles. The highest BCUT2D eigenvalue weighted by Crippen LogP contribution is 2.28. The minimum absolute atomic E-state index is 0.126. The summed E-state index contributed by atoms with van der Waals surface area (Å²) in [6, 6.07) is 1.27. The molecule has 2 amide bonds. The Morgan fingerprint density at radius 1 is 1.61 bits per heavy atom. The molecule has 3 N–H and O–H groups in total. The van der Waals surface area contributed by atoms with Gasteiger partial charge in [0.2, 0.25) is 5.91 Å². The Hall–Kier alpha value is -0.920. The molecule has 18 heavy (non-hydrogen) atoms. The van der Waals surface area contributed by atoms with E-state index in [-0.39, 0.29) is 5.91 Å². The van der Waals surface area contributed by atoms with Crippen molar-refractivity contribution in [2.75, 3.05) is 19.6 Å². The van der Waals surface area contributed by atoms with E-state index in [1.54, 1.807) is 4.90 Å². The van der Waals surface area contributed by atoms with Crippen molar-refractivity contribution in [1.29, 1.82) is 0 Å². The highest BCUT2D eigenvalue weighted by molar-refractivity contribution is 9.11. The molecule has 98 valence electrons. The van der Waals surface area contributed by atoms with Crippen LogP contribution in [0.25, 0.3) is 0 Å². The third kappa shape index (κ3) is 2.57. The van der Waals surface area contributed by atoms with Crippen molar-refractivity contribution in [1.82, 2.24) is 10.2 Å². The van der Waals surface area contributed by atoms with Crippen LogP contribution in [0.2, 0.25) is 0 Å². The first-order valence-corrected chi connectivity index (χ1v) is 7.18. The molecule has 0 aromatic carbocycles. The lowest BCUT2D eigenvalue weighted by Crippen LogP contribution is -2.58. The molecule has 1 aromatic heterocycles. The molecule has 0 aliphatic carbocycles. The zero-order valence-corrected chi connectivity index (χ0v) is 12.3. The maximum atomic E-state index is 12.4. The van der Waals surface area contributed by atoms with Gasteiger partial charge >= 0.3 is 0 Å². The first-order chi connectivity index (χ1) is 8.50. The summed E-state index contributed by atoms with van der Waals surface area (Å²) in [6.07, 6.45) is 0. The average molecular weight is 332 g/mol. The van der Waals surface area contributed by atoms with Crippen molar-refractivity contribution in [3.05, 3.63) is 20.3 Å². The standard InChI is InChI=1S/C11H14BrN3O2S/c1-6-4-8(18-9(6)12)11(17)15-3-2-14-5-7(15)10(13)16/h4,7,14H,2-3,5H2,1H3,(H2,13,16). The van der Waals surface area contributed by atoms with Gasteiger partial charge in [0.25, 0.3) is 5.91 Å². The van der Waals surface area contributed by atoms with Crippen molar-refractivity contribution in [3.63, 3.8) is 0 Å². The van der Waals surface area contributed by atoms with E-state index in [1.165, 1.54) is 11.3 Å². The molecule has 0 bridgehead atoms. The average Bonchev–Trinajstić information content (AvgIpc) is 2.68. The predicted molar refractivity (Wildman–Crippen MR) is 73.6 cm³/mol. The van der Waals surface area contributed by atoms with E-state index in [4.69, 9.17) is 5.73 Å². The molecule has 0 radical (unpaired) electrons. The van der Waals surface area contributed by atoms with Gasteiger partial charge in [-0.15, -0.1) is 11.3 Å². The largest absolute Gasteiger partial charge is 0.368 e. The van der Waals surface area contributed by atoms with E-state index in [1.807, 2.05) is 13.0 Å². The molecular formula is C11H14BrN3O2S. The van der Waals surface area contributed by atoms with Crippen molar-refractivity contribution in [2.45, 2.75) is 13.0 Å². The first kappa shape index (κ1) is 13.5. The highest BCUT2D eigenvalue weighted by Gasteiger charge is 2.31. The van der Waals surface area contributed by atoms with Gasteiger partial charge in [0, 0.05) is 19.6 Å². The fraction of sp³-hybridized carbons (Fsp3) is 0.455. The number of rotatable bonds is 2. The number of carbonyl (C=O) groups excluding carboxylic acids is 2. The second-order valence-electron chi connectivity index (χ2n) is 4.19. The monoisotopic (exact) mass is 331 g/mol. The fourth-order valence-electron chi connectivity index (χ4n) is 1.91. The van der Waals surface area contributed by atoms with Crippen molar-refractivity contribution in [3.8, 4) is 0 Å². The molecule has 0 saturated carbocycles. The molecule has 1 fully saturated rings. The normalized spacial score (nSPS) is 19.9. The number of aryl methyl sites for hydroxylation is 1. The zero-order chi connectivity index (χ0) is 13.3. The lowest BCUT2D eigenvalue weighted by atomic mass is 10.1. The van der Waals surface area contributed by atoms with Crippen LogP contribution in [-0.2, 0) is 4.79 Å². The van der Waals surface area contributed by atoms with Crippen LogP contribution in [0.5, 0.6) is 0 Å². The quantitative estimate of drug-likeness (QED) is 0.838. The number of hydrogen-bond acceptors (Lipinski definition) is 4. The van der Waals surface area contributed by atoms with Crippen LogP contribution in [0.15, 0.2) is 9.85 Å². The Morgan fingerprint density at radius 3 is 2.89 bits per heavy atom. The van der Waals surface area contributed by atoms with Crippen LogP contribution in [-0.4, -0.2) is 42.4 Å². The molecule has 2 heterocycles. The summed E-state index contributed by atoms with van der Waals surface area (Å²) in [5.41, 5.74) is 6.35. The third-order valence-corrected chi connectivity index (χ3v) is 5.03. The summed E-state index contributed by atoms with van der Waals surface area (Å²) >= 11 is 4.78. The van der Waals surface area contributed by atoms with Gasteiger partial charge in [-0.2, -0.15) is 0 Å². The summed E-state index contributed by atoms with van der Waals surface area (Å²) < 4.78 is 0.941. The second-order valence-corrected chi connectivity index (χ2v) is 6.56. The summed E-state index contributed by atoms with van der Waals surface area (Å²) in [6.45, 7) is 3.54. The van der Waals surface area contributed by atoms with Gasteiger partial charge < -0.3 is 16.0 Å². The van der Waals surface area contributed by atoms with Crippen LogP contribution < -0.4 is 11.1 Å². The topological polar surface area (TPSA) is 75.4 Å². The molecule has 1 atom stereocenters. The molecule has 1 saturated heterocycles. The number of nitrogens with one attached hydrogen (secondary N) is 1. The van der Waals surface area contributed by atoms with Gasteiger partial charge in [-0.3, -0.25) is 9.59 Å². The maximum Gasteiger partial charge on any atom is 0.264 e. The predicted octanol–water partition coefficient (Wildman–Crippen LogP) is 0.718. The molecule has 1 aromatic rings. The van der Waals surface area contributed by atoms with Crippen LogP contribution in [0, 0.1) is 6.92 Å². The van der Waals surface area contributed by atoms with Gasteiger partial charge in [0.05, 0.1) is 8.66 Å². The number of nitrogens with two attached hydrogens (primary N) is 1. The van der Waals surface area contributed by atoms with Crippen LogP contribution in [0.1, 0.15) is 15.2 Å². The minimum Gasteiger partial charge on any atom is -0.368 e.